The lowest BCUT2D eigenvalue weighted by atomic mass is 10.1. The zero-order chi connectivity index (χ0) is 15.2. The number of ether oxygens (including phenoxy) is 1. The summed E-state index contributed by atoms with van der Waals surface area (Å²) in [7, 11) is 1.61. The highest BCUT2D eigenvalue weighted by atomic mass is 79.9. The van der Waals surface area contributed by atoms with E-state index in [0.29, 0.717) is 17.4 Å². The molecule has 0 saturated heterocycles. The van der Waals surface area contributed by atoms with Crippen LogP contribution in [0, 0.1) is 5.82 Å². The minimum absolute atomic E-state index is 0.0408. The Hall–Kier alpha value is -1.88. The Morgan fingerprint density at radius 3 is 2.62 bits per heavy atom. The van der Waals surface area contributed by atoms with E-state index in [0.717, 1.165) is 11.3 Å². The van der Waals surface area contributed by atoms with Crippen LogP contribution in [-0.2, 0) is 6.42 Å². The first kappa shape index (κ1) is 15.5. The summed E-state index contributed by atoms with van der Waals surface area (Å²) < 4.78 is 19.3. The molecule has 0 aliphatic heterocycles. The molecule has 110 valence electrons. The van der Waals surface area contributed by atoms with Crippen LogP contribution in [0.3, 0.4) is 0 Å². The fourth-order valence-corrected chi connectivity index (χ4v) is 2.24. The van der Waals surface area contributed by atoms with Gasteiger partial charge < -0.3 is 10.1 Å². The molecule has 1 N–H and O–H groups in total. The lowest BCUT2D eigenvalue weighted by Gasteiger charge is -2.07. The lowest BCUT2D eigenvalue weighted by Crippen LogP contribution is -2.26. The monoisotopic (exact) mass is 351 g/mol. The van der Waals surface area contributed by atoms with E-state index in [1.165, 1.54) is 12.1 Å². The van der Waals surface area contributed by atoms with E-state index in [9.17, 15) is 9.18 Å². The average molecular weight is 352 g/mol. The van der Waals surface area contributed by atoms with Crippen molar-refractivity contribution in [1.29, 1.82) is 0 Å². The summed E-state index contributed by atoms with van der Waals surface area (Å²) >= 11 is 3.22. The zero-order valence-corrected chi connectivity index (χ0v) is 13.1. The standard InChI is InChI=1S/C16H15BrFNO2/c1-21-13-5-2-11(3-6-13)8-9-19-16(20)14-10-12(17)4-7-15(14)18/h2-7,10H,8-9H2,1H3,(H,19,20). The molecule has 21 heavy (non-hydrogen) atoms. The molecule has 0 atom stereocenters. The van der Waals surface area contributed by atoms with E-state index in [1.54, 1.807) is 13.2 Å². The van der Waals surface area contributed by atoms with Gasteiger partial charge in [-0.3, -0.25) is 4.79 Å². The smallest absolute Gasteiger partial charge is 0.254 e. The third-order valence-corrected chi connectivity index (χ3v) is 3.52. The minimum atomic E-state index is -0.528. The quantitative estimate of drug-likeness (QED) is 0.894. The highest BCUT2D eigenvalue weighted by Gasteiger charge is 2.11. The molecule has 3 nitrogen and oxygen atoms in total. The molecule has 0 aromatic heterocycles. The molecule has 2 aromatic rings. The number of carbonyl (C=O) groups excluding carboxylic acids is 1. The number of carbonyl (C=O) groups is 1. The maximum Gasteiger partial charge on any atom is 0.254 e. The summed E-state index contributed by atoms with van der Waals surface area (Å²) in [6.07, 6.45) is 0.672. The predicted octanol–water partition coefficient (Wildman–Crippen LogP) is 3.57. The van der Waals surface area contributed by atoms with Gasteiger partial charge in [0.2, 0.25) is 0 Å². The normalized spacial score (nSPS) is 10.2. The van der Waals surface area contributed by atoms with Gasteiger partial charge in [0, 0.05) is 11.0 Å². The van der Waals surface area contributed by atoms with Gasteiger partial charge in [0.1, 0.15) is 11.6 Å². The second-order valence-corrected chi connectivity index (χ2v) is 5.39. The van der Waals surface area contributed by atoms with Crippen LogP contribution in [0.1, 0.15) is 15.9 Å². The Labute approximate surface area is 131 Å². The van der Waals surface area contributed by atoms with E-state index in [2.05, 4.69) is 21.2 Å². The van der Waals surface area contributed by atoms with Crippen molar-refractivity contribution >= 4 is 21.8 Å². The number of nitrogens with one attached hydrogen (secondary N) is 1. The van der Waals surface area contributed by atoms with Crippen LogP contribution in [0.4, 0.5) is 4.39 Å². The first-order valence-corrected chi connectivity index (χ1v) is 7.25. The van der Waals surface area contributed by atoms with Crippen molar-refractivity contribution in [2.45, 2.75) is 6.42 Å². The maximum absolute atomic E-state index is 13.6. The van der Waals surface area contributed by atoms with Gasteiger partial charge in [-0.2, -0.15) is 0 Å². The number of amides is 1. The fourth-order valence-electron chi connectivity index (χ4n) is 1.88. The molecule has 0 fully saturated rings. The van der Waals surface area contributed by atoms with Crippen molar-refractivity contribution in [3.63, 3.8) is 0 Å². The number of hydrogen-bond donors (Lipinski definition) is 1. The summed E-state index contributed by atoms with van der Waals surface area (Å²) in [5.74, 6) is -0.151. The summed E-state index contributed by atoms with van der Waals surface area (Å²) in [5.41, 5.74) is 1.12. The van der Waals surface area contributed by atoms with Gasteiger partial charge >= 0.3 is 0 Å². The molecule has 0 aliphatic rings. The Morgan fingerprint density at radius 1 is 1.24 bits per heavy atom. The molecule has 1 amide bonds. The van der Waals surface area contributed by atoms with E-state index in [4.69, 9.17) is 4.74 Å². The average Bonchev–Trinajstić information content (AvgIpc) is 2.50. The number of benzene rings is 2. The summed E-state index contributed by atoms with van der Waals surface area (Å²) in [5, 5.41) is 2.71. The molecule has 0 bridgehead atoms. The van der Waals surface area contributed by atoms with Crippen LogP contribution in [0.15, 0.2) is 46.9 Å². The summed E-state index contributed by atoms with van der Waals surface area (Å²) in [4.78, 5) is 11.9. The number of hydrogen-bond acceptors (Lipinski definition) is 2. The molecule has 2 aromatic carbocycles. The van der Waals surface area contributed by atoms with Crippen LogP contribution in [0.5, 0.6) is 5.75 Å². The molecule has 0 unspecified atom stereocenters. The first-order chi connectivity index (χ1) is 10.1. The molecular formula is C16H15BrFNO2. The third kappa shape index (κ3) is 4.29. The van der Waals surface area contributed by atoms with Gasteiger partial charge in [-0.15, -0.1) is 0 Å². The fraction of sp³-hybridized carbons (Fsp3) is 0.188. The van der Waals surface area contributed by atoms with Gasteiger partial charge in [-0.1, -0.05) is 28.1 Å². The largest absolute Gasteiger partial charge is 0.497 e. The molecule has 0 heterocycles. The number of rotatable bonds is 5. The molecule has 0 aliphatic carbocycles. The molecule has 0 saturated carbocycles. The van der Waals surface area contributed by atoms with E-state index >= 15 is 0 Å². The van der Waals surface area contributed by atoms with Crippen molar-refractivity contribution in [2.75, 3.05) is 13.7 Å². The van der Waals surface area contributed by atoms with Crippen LogP contribution >= 0.6 is 15.9 Å². The number of methoxy groups -OCH3 is 1. The molecule has 0 spiro atoms. The van der Waals surface area contributed by atoms with Crippen LogP contribution in [0.2, 0.25) is 0 Å². The highest BCUT2D eigenvalue weighted by Crippen LogP contribution is 2.15. The third-order valence-electron chi connectivity index (χ3n) is 3.03. The van der Waals surface area contributed by atoms with Crippen molar-refractivity contribution in [2.24, 2.45) is 0 Å². The van der Waals surface area contributed by atoms with E-state index in [-0.39, 0.29) is 5.56 Å². The Morgan fingerprint density at radius 2 is 1.95 bits per heavy atom. The van der Waals surface area contributed by atoms with Crippen molar-refractivity contribution in [1.82, 2.24) is 5.32 Å². The van der Waals surface area contributed by atoms with Gasteiger partial charge in [0.05, 0.1) is 12.7 Å². The van der Waals surface area contributed by atoms with Gasteiger partial charge in [0.25, 0.3) is 5.91 Å². The first-order valence-electron chi connectivity index (χ1n) is 6.46. The van der Waals surface area contributed by atoms with E-state index < -0.39 is 11.7 Å². The minimum Gasteiger partial charge on any atom is -0.497 e. The Bertz CT molecular complexity index is 629. The maximum atomic E-state index is 13.6. The molecule has 2 rings (SSSR count). The molecule has 5 heteroatoms. The van der Waals surface area contributed by atoms with Gasteiger partial charge in [-0.05, 0) is 42.3 Å². The SMILES string of the molecule is COc1ccc(CCNC(=O)c2cc(Br)ccc2F)cc1. The second kappa shape index (κ2) is 7.22. The summed E-state index contributed by atoms with van der Waals surface area (Å²) in [6, 6.07) is 11.9. The zero-order valence-electron chi connectivity index (χ0n) is 11.5. The predicted molar refractivity (Wildman–Crippen MR) is 83.1 cm³/mol. The number of halogens is 2. The van der Waals surface area contributed by atoms with Crippen LogP contribution < -0.4 is 10.1 Å². The van der Waals surface area contributed by atoms with Crippen molar-refractivity contribution in [3.8, 4) is 5.75 Å². The summed E-state index contributed by atoms with van der Waals surface area (Å²) in [6.45, 7) is 0.442. The van der Waals surface area contributed by atoms with Crippen molar-refractivity contribution < 1.29 is 13.9 Å². The highest BCUT2D eigenvalue weighted by molar-refractivity contribution is 9.10. The molecule has 0 radical (unpaired) electrons. The Kier molecular flexibility index (Phi) is 5.33. The second-order valence-electron chi connectivity index (χ2n) is 4.48. The Balaban J connectivity index is 1.90. The van der Waals surface area contributed by atoms with Gasteiger partial charge in [-0.25, -0.2) is 4.39 Å². The van der Waals surface area contributed by atoms with E-state index in [1.807, 2.05) is 24.3 Å². The van der Waals surface area contributed by atoms with Crippen LogP contribution in [-0.4, -0.2) is 19.6 Å². The van der Waals surface area contributed by atoms with Crippen molar-refractivity contribution in [3.05, 3.63) is 63.9 Å². The lowest BCUT2D eigenvalue weighted by molar-refractivity contribution is 0.0950. The molecular weight excluding hydrogens is 337 g/mol. The van der Waals surface area contributed by atoms with Gasteiger partial charge in [0.15, 0.2) is 0 Å². The van der Waals surface area contributed by atoms with Crippen LogP contribution in [0.25, 0.3) is 0 Å². The topological polar surface area (TPSA) is 38.3 Å².